The molecule has 19 heavy (non-hydrogen) atoms. The molecular formula is C14H22ClNO2S. The lowest BCUT2D eigenvalue weighted by molar-refractivity contribution is 0.113. The van der Waals surface area contributed by atoms with Gasteiger partial charge in [-0.3, -0.25) is 0 Å². The summed E-state index contributed by atoms with van der Waals surface area (Å²) in [5.74, 6) is 1.05. The largest absolute Gasteiger partial charge is 0.394 e. The number of halogens is 1. The van der Waals surface area contributed by atoms with E-state index in [1.807, 2.05) is 18.2 Å². The van der Waals surface area contributed by atoms with Crippen LogP contribution in [0.2, 0.25) is 5.02 Å². The van der Waals surface area contributed by atoms with Crippen LogP contribution in [0.25, 0.3) is 0 Å². The molecule has 0 aromatic heterocycles. The predicted molar refractivity (Wildman–Crippen MR) is 81.8 cm³/mol. The van der Waals surface area contributed by atoms with E-state index in [0.29, 0.717) is 16.7 Å². The standard InChI is InChI=1S/C14H22ClNO2S/c1-10(2)6-16-7-11-4-3-5-13(15)14(11)19-9-12(18)8-17/h3-5,10,12,16-18H,6-9H2,1-2H3. The van der Waals surface area contributed by atoms with Crippen molar-refractivity contribution in [3.8, 4) is 0 Å². The van der Waals surface area contributed by atoms with E-state index in [0.717, 1.165) is 23.5 Å². The van der Waals surface area contributed by atoms with Crippen LogP contribution in [-0.4, -0.2) is 35.2 Å². The molecule has 0 saturated carbocycles. The van der Waals surface area contributed by atoms with E-state index in [9.17, 15) is 5.11 Å². The van der Waals surface area contributed by atoms with E-state index in [2.05, 4.69) is 19.2 Å². The van der Waals surface area contributed by atoms with E-state index in [1.165, 1.54) is 11.8 Å². The maximum Gasteiger partial charge on any atom is 0.0864 e. The molecule has 1 rings (SSSR count). The lowest BCUT2D eigenvalue weighted by Crippen LogP contribution is -2.19. The number of nitrogens with one attached hydrogen (secondary N) is 1. The Morgan fingerprint density at radius 1 is 1.37 bits per heavy atom. The molecule has 3 N–H and O–H groups in total. The lowest BCUT2D eigenvalue weighted by atomic mass is 10.2. The fourth-order valence-electron chi connectivity index (χ4n) is 1.58. The van der Waals surface area contributed by atoms with Crippen LogP contribution in [0.1, 0.15) is 19.4 Å². The molecule has 0 heterocycles. The van der Waals surface area contributed by atoms with Crippen LogP contribution in [0.3, 0.4) is 0 Å². The van der Waals surface area contributed by atoms with Gasteiger partial charge in [-0.15, -0.1) is 11.8 Å². The van der Waals surface area contributed by atoms with E-state index in [1.54, 1.807) is 0 Å². The molecule has 0 aliphatic carbocycles. The van der Waals surface area contributed by atoms with Gasteiger partial charge in [0.15, 0.2) is 0 Å². The van der Waals surface area contributed by atoms with Gasteiger partial charge in [0, 0.05) is 17.2 Å². The van der Waals surface area contributed by atoms with Crippen molar-refractivity contribution < 1.29 is 10.2 Å². The highest BCUT2D eigenvalue weighted by atomic mass is 35.5. The highest BCUT2D eigenvalue weighted by Crippen LogP contribution is 2.31. The Morgan fingerprint density at radius 3 is 2.74 bits per heavy atom. The van der Waals surface area contributed by atoms with Gasteiger partial charge in [-0.25, -0.2) is 0 Å². The van der Waals surface area contributed by atoms with Crippen LogP contribution >= 0.6 is 23.4 Å². The summed E-state index contributed by atoms with van der Waals surface area (Å²) in [7, 11) is 0. The second-order valence-corrected chi connectivity index (χ2v) is 6.34. The number of hydrogen-bond donors (Lipinski definition) is 3. The number of thioether (sulfide) groups is 1. The maximum absolute atomic E-state index is 9.42. The predicted octanol–water partition coefficient (Wildman–Crippen LogP) is 2.53. The summed E-state index contributed by atoms with van der Waals surface area (Å²) in [6.07, 6.45) is -0.710. The molecule has 0 aliphatic heterocycles. The molecule has 0 aliphatic rings. The Labute approximate surface area is 124 Å². The SMILES string of the molecule is CC(C)CNCc1cccc(Cl)c1SCC(O)CO. The summed E-state index contributed by atoms with van der Waals surface area (Å²) in [4.78, 5) is 0.980. The number of aliphatic hydroxyl groups is 2. The summed E-state index contributed by atoms with van der Waals surface area (Å²) < 4.78 is 0. The Morgan fingerprint density at radius 2 is 2.11 bits per heavy atom. The van der Waals surface area contributed by atoms with Crippen LogP contribution < -0.4 is 5.32 Å². The van der Waals surface area contributed by atoms with Gasteiger partial charge in [0.05, 0.1) is 17.7 Å². The molecule has 0 radical (unpaired) electrons. The Kier molecular flexibility index (Phi) is 7.80. The maximum atomic E-state index is 9.42. The van der Waals surface area contributed by atoms with Gasteiger partial charge >= 0.3 is 0 Å². The fourth-order valence-corrected chi connectivity index (χ4v) is 2.94. The summed E-state index contributed by atoms with van der Waals surface area (Å²) >= 11 is 7.69. The van der Waals surface area contributed by atoms with Gasteiger partial charge in [-0.1, -0.05) is 37.6 Å². The number of aliphatic hydroxyl groups excluding tert-OH is 2. The second-order valence-electron chi connectivity index (χ2n) is 4.90. The molecule has 0 saturated heterocycles. The van der Waals surface area contributed by atoms with Crippen LogP contribution in [0.4, 0.5) is 0 Å². The van der Waals surface area contributed by atoms with Crippen molar-refractivity contribution in [1.29, 1.82) is 0 Å². The highest BCUT2D eigenvalue weighted by Gasteiger charge is 2.10. The minimum atomic E-state index is -0.710. The van der Waals surface area contributed by atoms with Crippen molar-refractivity contribution in [2.45, 2.75) is 31.4 Å². The zero-order valence-corrected chi connectivity index (χ0v) is 13.0. The molecular weight excluding hydrogens is 282 g/mol. The average Bonchev–Trinajstić information content (AvgIpc) is 2.37. The van der Waals surface area contributed by atoms with Crippen molar-refractivity contribution >= 4 is 23.4 Å². The van der Waals surface area contributed by atoms with E-state index in [4.69, 9.17) is 16.7 Å². The molecule has 108 valence electrons. The summed E-state index contributed by atoms with van der Waals surface area (Å²) in [5.41, 5.74) is 1.13. The quantitative estimate of drug-likeness (QED) is 0.646. The topological polar surface area (TPSA) is 52.5 Å². The zero-order valence-electron chi connectivity index (χ0n) is 11.4. The van der Waals surface area contributed by atoms with Crippen LogP contribution in [-0.2, 0) is 6.54 Å². The molecule has 3 nitrogen and oxygen atoms in total. The monoisotopic (exact) mass is 303 g/mol. The van der Waals surface area contributed by atoms with Crippen LogP contribution in [0.15, 0.2) is 23.1 Å². The molecule has 5 heteroatoms. The molecule has 0 spiro atoms. The molecule has 1 aromatic rings. The minimum Gasteiger partial charge on any atom is -0.394 e. The zero-order chi connectivity index (χ0) is 14.3. The van der Waals surface area contributed by atoms with Crippen molar-refractivity contribution in [2.75, 3.05) is 18.9 Å². The Bertz CT molecular complexity index is 388. The van der Waals surface area contributed by atoms with Crippen LogP contribution in [0.5, 0.6) is 0 Å². The third kappa shape index (κ3) is 6.15. The molecule has 1 aromatic carbocycles. The van der Waals surface area contributed by atoms with Gasteiger partial charge in [0.2, 0.25) is 0 Å². The smallest absolute Gasteiger partial charge is 0.0864 e. The van der Waals surface area contributed by atoms with Gasteiger partial charge in [0.1, 0.15) is 0 Å². The van der Waals surface area contributed by atoms with Crippen molar-refractivity contribution in [1.82, 2.24) is 5.32 Å². The summed E-state index contributed by atoms with van der Waals surface area (Å²) in [5, 5.41) is 22.3. The van der Waals surface area contributed by atoms with Crippen molar-refractivity contribution in [3.05, 3.63) is 28.8 Å². The minimum absolute atomic E-state index is 0.224. The average molecular weight is 304 g/mol. The lowest BCUT2D eigenvalue weighted by Gasteiger charge is -2.14. The van der Waals surface area contributed by atoms with E-state index >= 15 is 0 Å². The molecule has 0 fully saturated rings. The molecule has 0 amide bonds. The first kappa shape index (κ1) is 16.8. The molecule has 1 unspecified atom stereocenters. The van der Waals surface area contributed by atoms with Crippen molar-refractivity contribution in [2.24, 2.45) is 5.92 Å². The van der Waals surface area contributed by atoms with Crippen molar-refractivity contribution in [3.63, 3.8) is 0 Å². The van der Waals surface area contributed by atoms with Gasteiger partial charge in [0.25, 0.3) is 0 Å². The Hall–Kier alpha value is -0.260. The van der Waals surface area contributed by atoms with E-state index in [-0.39, 0.29) is 6.61 Å². The van der Waals surface area contributed by atoms with Gasteiger partial charge in [-0.2, -0.15) is 0 Å². The van der Waals surface area contributed by atoms with Crippen LogP contribution in [0, 0.1) is 5.92 Å². The number of rotatable bonds is 8. The highest BCUT2D eigenvalue weighted by molar-refractivity contribution is 7.99. The Balaban J connectivity index is 2.66. The molecule has 1 atom stereocenters. The normalized spacial score (nSPS) is 12.9. The number of hydrogen-bond acceptors (Lipinski definition) is 4. The first-order chi connectivity index (χ1) is 9.04. The molecule has 0 bridgehead atoms. The summed E-state index contributed by atoms with van der Waals surface area (Å²) in [6, 6.07) is 5.81. The fraction of sp³-hybridized carbons (Fsp3) is 0.571. The third-order valence-electron chi connectivity index (χ3n) is 2.55. The second kappa shape index (κ2) is 8.82. The summed E-state index contributed by atoms with van der Waals surface area (Å²) in [6.45, 7) is 5.82. The number of benzene rings is 1. The van der Waals surface area contributed by atoms with E-state index < -0.39 is 6.10 Å². The first-order valence-corrected chi connectivity index (χ1v) is 7.80. The first-order valence-electron chi connectivity index (χ1n) is 6.44. The van der Waals surface area contributed by atoms with Gasteiger partial charge < -0.3 is 15.5 Å². The third-order valence-corrected chi connectivity index (χ3v) is 4.30. The van der Waals surface area contributed by atoms with Gasteiger partial charge in [-0.05, 0) is 24.1 Å².